The predicted molar refractivity (Wildman–Crippen MR) is 91.2 cm³/mol. The SMILES string of the molecule is CN1/C(=C(\Cl)N=Nc2ccc([N+](=O)[O-])cc2)Sc2ccccc21. The molecule has 0 N–H and O–H groups in total. The fourth-order valence-corrected chi connectivity index (χ4v) is 3.37. The highest BCUT2D eigenvalue weighted by atomic mass is 35.5. The number of non-ortho nitro benzene ring substituents is 1. The normalized spacial score (nSPS) is 15.8. The molecule has 0 atom stereocenters. The van der Waals surface area contributed by atoms with E-state index in [1.54, 1.807) is 0 Å². The van der Waals surface area contributed by atoms with Gasteiger partial charge in [-0.25, -0.2) is 0 Å². The van der Waals surface area contributed by atoms with Crippen LogP contribution >= 0.6 is 23.4 Å². The molecule has 0 saturated carbocycles. The maximum Gasteiger partial charge on any atom is 0.269 e. The van der Waals surface area contributed by atoms with Crippen LogP contribution in [-0.4, -0.2) is 12.0 Å². The molecule has 1 aliphatic heterocycles. The van der Waals surface area contributed by atoms with Crippen LogP contribution in [0.1, 0.15) is 0 Å². The second kappa shape index (κ2) is 6.39. The minimum absolute atomic E-state index is 0.00920. The van der Waals surface area contributed by atoms with Crippen molar-refractivity contribution in [3.8, 4) is 0 Å². The Morgan fingerprint density at radius 1 is 1.22 bits per heavy atom. The maximum atomic E-state index is 10.6. The fourth-order valence-electron chi connectivity index (χ4n) is 2.07. The van der Waals surface area contributed by atoms with Crippen molar-refractivity contribution in [2.45, 2.75) is 4.90 Å². The molecule has 1 heterocycles. The molecule has 0 aromatic heterocycles. The summed E-state index contributed by atoms with van der Waals surface area (Å²) in [5, 5.41) is 19.7. The number of hydrogen-bond donors (Lipinski definition) is 0. The Bertz CT molecular complexity index is 820. The number of nitro benzene ring substituents is 1. The molecule has 0 saturated heterocycles. The Balaban J connectivity index is 1.81. The largest absolute Gasteiger partial charge is 0.336 e. The summed E-state index contributed by atoms with van der Waals surface area (Å²) in [6.07, 6.45) is 0. The standard InChI is InChI=1S/C15H11ClN4O2S/c1-19-12-4-2-3-5-13(12)23-15(19)14(16)18-17-10-6-8-11(9-7-10)20(21)22/h2-9H,1H3/b15-14-,18-17?. The van der Waals surface area contributed by atoms with Crippen molar-refractivity contribution in [1.82, 2.24) is 0 Å². The van der Waals surface area contributed by atoms with Crippen LogP contribution in [0.3, 0.4) is 0 Å². The van der Waals surface area contributed by atoms with Crippen molar-refractivity contribution in [3.63, 3.8) is 0 Å². The van der Waals surface area contributed by atoms with Gasteiger partial charge < -0.3 is 4.90 Å². The Morgan fingerprint density at radius 3 is 2.57 bits per heavy atom. The molecule has 8 heteroatoms. The summed E-state index contributed by atoms with van der Waals surface area (Å²) in [5.74, 6) is 0. The molecule has 2 aromatic rings. The average Bonchev–Trinajstić information content (AvgIpc) is 2.90. The van der Waals surface area contributed by atoms with Gasteiger partial charge in [0.05, 0.1) is 16.3 Å². The highest BCUT2D eigenvalue weighted by molar-refractivity contribution is 8.03. The van der Waals surface area contributed by atoms with Gasteiger partial charge in [-0.2, -0.15) is 0 Å². The molecule has 0 unspecified atom stereocenters. The van der Waals surface area contributed by atoms with Gasteiger partial charge in [-0.3, -0.25) is 10.1 Å². The Morgan fingerprint density at radius 2 is 1.91 bits per heavy atom. The van der Waals surface area contributed by atoms with E-state index in [2.05, 4.69) is 10.2 Å². The van der Waals surface area contributed by atoms with E-state index in [0.717, 1.165) is 15.6 Å². The van der Waals surface area contributed by atoms with Crippen molar-refractivity contribution in [3.05, 3.63) is 68.8 Å². The predicted octanol–water partition coefficient (Wildman–Crippen LogP) is 5.29. The van der Waals surface area contributed by atoms with Crippen LogP contribution in [0, 0.1) is 10.1 Å². The molecule has 0 spiro atoms. The summed E-state index contributed by atoms with van der Waals surface area (Å²) in [7, 11) is 1.91. The molecule has 0 aliphatic carbocycles. The number of halogens is 1. The highest BCUT2D eigenvalue weighted by Crippen LogP contribution is 2.46. The van der Waals surface area contributed by atoms with Gasteiger partial charge in [-0.1, -0.05) is 35.5 Å². The number of rotatable bonds is 3. The Kier molecular flexibility index (Phi) is 4.31. The Hall–Kier alpha value is -2.38. The first-order valence-corrected chi connectivity index (χ1v) is 7.82. The van der Waals surface area contributed by atoms with Crippen LogP contribution in [0.15, 0.2) is 73.8 Å². The molecule has 0 amide bonds. The molecule has 6 nitrogen and oxygen atoms in total. The van der Waals surface area contributed by atoms with Crippen molar-refractivity contribution in [1.29, 1.82) is 0 Å². The molecule has 0 fully saturated rings. The zero-order valence-electron chi connectivity index (χ0n) is 12.0. The third-order valence-electron chi connectivity index (χ3n) is 3.23. The first-order chi connectivity index (χ1) is 11.1. The van der Waals surface area contributed by atoms with E-state index in [1.807, 2.05) is 36.2 Å². The minimum atomic E-state index is -0.461. The summed E-state index contributed by atoms with van der Waals surface area (Å²) in [6, 6.07) is 13.8. The highest BCUT2D eigenvalue weighted by Gasteiger charge is 2.24. The summed E-state index contributed by atoms with van der Waals surface area (Å²) in [6.45, 7) is 0. The molecule has 1 aliphatic rings. The number of hydrogen-bond acceptors (Lipinski definition) is 6. The second-order valence-electron chi connectivity index (χ2n) is 4.70. The molecule has 2 aromatic carbocycles. The third-order valence-corrected chi connectivity index (χ3v) is 4.82. The van der Waals surface area contributed by atoms with Crippen LogP contribution in [0.2, 0.25) is 0 Å². The van der Waals surface area contributed by atoms with E-state index >= 15 is 0 Å². The maximum absolute atomic E-state index is 10.6. The number of para-hydroxylation sites is 1. The second-order valence-corrected chi connectivity index (χ2v) is 6.09. The molecule has 0 bridgehead atoms. The zero-order chi connectivity index (χ0) is 16.4. The molecular formula is C15H11ClN4O2S. The topological polar surface area (TPSA) is 71.1 Å². The first-order valence-electron chi connectivity index (χ1n) is 6.63. The van der Waals surface area contributed by atoms with Crippen molar-refractivity contribution < 1.29 is 4.92 Å². The number of nitrogens with zero attached hydrogens (tertiary/aromatic N) is 4. The van der Waals surface area contributed by atoms with E-state index in [1.165, 1.54) is 36.0 Å². The molecule has 23 heavy (non-hydrogen) atoms. The van der Waals surface area contributed by atoms with Gasteiger partial charge in [0.1, 0.15) is 5.03 Å². The number of fused-ring (bicyclic) bond motifs is 1. The smallest absolute Gasteiger partial charge is 0.269 e. The van der Waals surface area contributed by atoms with Gasteiger partial charge in [0.15, 0.2) is 5.16 Å². The van der Waals surface area contributed by atoms with Crippen molar-refractivity contribution in [2.75, 3.05) is 11.9 Å². The van der Waals surface area contributed by atoms with E-state index in [4.69, 9.17) is 11.6 Å². The minimum Gasteiger partial charge on any atom is -0.336 e. The van der Waals surface area contributed by atoms with Crippen LogP contribution in [0.25, 0.3) is 0 Å². The number of benzene rings is 2. The monoisotopic (exact) mass is 346 g/mol. The van der Waals surface area contributed by atoms with Gasteiger partial charge in [0.2, 0.25) is 0 Å². The molecule has 116 valence electrons. The summed E-state index contributed by atoms with van der Waals surface area (Å²) < 4.78 is 0. The van der Waals surface area contributed by atoms with Crippen molar-refractivity contribution >= 4 is 40.4 Å². The van der Waals surface area contributed by atoms with Crippen LogP contribution in [0.5, 0.6) is 0 Å². The molecule has 0 radical (unpaired) electrons. The van der Waals surface area contributed by atoms with E-state index < -0.39 is 4.92 Å². The summed E-state index contributed by atoms with van der Waals surface area (Å²) in [4.78, 5) is 13.2. The Labute approximate surface area is 141 Å². The average molecular weight is 347 g/mol. The van der Waals surface area contributed by atoms with E-state index in [9.17, 15) is 10.1 Å². The van der Waals surface area contributed by atoms with Crippen LogP contribution in [0.4, 0.5) is 17.1 Å². The van der Waals surface area contributed by atoms with E-state index in [0.29, 0.717) is 5.69 Å². The van der Waals surface area contributed by atoms with Crippen LogP contribution < -0.4 is 4.90 Å². The lowest BCUT2D eigenvalue weighted by Gasteiger charge is -2.12. The van der Waals surface area contributed by atoms with Crippen LogP contribution in [-0.2, 0) is 0 Å². The number of anilines is 1. The lowest BCUT2D eigenvalue weighted by Crippen LogP contribution is -2.10. The van der Waals surface area contributed by atoms with E-state index in [-0.39, 0.29) is 10.8 Å². The quantitative estimate of drug-likeness (QED) is 0.328. The fraction of sp³-hybridized carbons (Fsp3) is 0.0667. The number of nitro groups is 1. The number of azo groups is 1. The number of thioether (sulfide) groups is 1. The molecule has 3 rings (SSSR count). The zero-order valence-corrected chi connectivity index (χ0v) is 13.6. The van der Waals surface area contributed by atoms with Gasteiger partial charge in [0.25, 0.3) is 5.69 Å². The molecular weight excluding hydrogens is 336 g/mol. The first kappa shape index (κ1) is 15.5. The summed E-state index contributed by atoms with van der Waals surface area (Å²) in [5.41, 5.74) is 1.57. The van der Waals surface area contributed by atoms with Gasteiger partial charge >= 0.3 is 0 Å². The van der Waals surface area contributed by atoms with Gasteiger partial charge in [0, 0.05) is 24.1 Å². The lowest BCUT2D eigenvalue weighted by molar-refractivity contribution is -0.384. The third kappa shape index (κ3) is 3.20. The van der Waals surface area contributed by atoms with Gasteiger partial charge in [-0.05, 0) is 24.3 Å². The lowest BCUT2D eigenvalue weighted by atomic mass is 10.3. The van der Waals surface area contributed by atoms with Crippen molar-refractivity contribution in [2.24, 2.45) is 10.2 Å². The summed E-state index contributed by atoms with van der Waals surface area (Å²) >= 11 is 7.78. The van der Waals surface area contributed by atoms with Gasteiger partial charge in [-0.15, -0.1) is 10.2 Å².